The highest BCUT2D eigenvalue weighted by molar-refractivity contribution is 7.99. The first kappa shape index (κ1) is 16.6. The fraction of sp³-hybridized carbons (Fsp3) is 0.750. The molecule has 0 aliphatic carbocycles. The number of nitrogens with zero attached hydrogens (tertiary/aromatic N) is 1. The van der Waals surface area contributed by atoms with Gasteiger partial charge in [-0.1, -0.05) is 6.92 Å². The lowest BCUT2D eigenvalue weighted by Crippen LogP contribution is -2.53. The fourth-order valence-electron chi connectivity index (χ4n) is 1.46. The lowest BCUT2D eigenvalue weighted by atomic mass is 10.2. The van der Waals surface area contributed by atoms with Crippen LogP contribution in [-0.4, -0.2) is 46.1 Å². The van der Waals surface area contributed by atoms with Crippen LogP contribution in [0.3, 0.4) is 0 Å². The number of hydrazine groups is 1. The summed E-state index contributed by atoms with van der Waals surface area (Å²) in [4.78, 5) is 36.4. The van der Waals surface area contributed by atoms with Crippen molar-refractivity contribution in [1.82, 2.24) is 15.8 Å². The average Bonchev–Trinajstić information content (AvgIpc) is 2.82. The van der Waals surface area contributed by atoms with Gasteiger partial charge in [-0.3, -0.25) is 25.3 Å². The molecule has 0 spiro atoms. The minimum absolute atomic E-state index is 0.273. The van der Waals surface area contributed by atoms with E-state index in [1.54, 1.807) is 27.7 Å². The van der Waals surface area contributed by atoms with E-state index in [1.165, 1.54) is 16.7 Å². The third kappa shape index (κ3) is 4.92. The molecule has 1 rings (SSSR count). The van der Waals surface area contributed by atoms with E-state index in [9.17, 15) is 14.4 Å². The summed E-state index contributed by atoms with van der Waals surface area (Å²) >= 11 is 1.46. The molecule has 2 N–H and O–H groups in total. The number of rotatable bonds is 2. The molecule has 1 aliphatic rings. The van der Waals surface area contributed by atoms with E-state index in [0.717, 1.165) is 0 Å². The minimum Gasteiger partial charge on any atom is -0.444 e. The topological polar surface area (TPSA) is 87.7 Å². The molecular weight excluding hydrogens is 282 g/mol. The van der Waals surface area contributed by atoms with Crippen LogP contribution in [0, 0.1) is 0 Å². The molecule has 3 amide bonds. The molecule has 0 aromatic heterocycles. The summed E-state index contributed by atoms with van der Waals surface area (Å²) < 4.78 is 5.26. The zero-order valence-corrected chi connectivity index (χ0v) is 13.0. The summed E-state index contributed by atoms with van der Waals surface area (Å²) in [6.07, 6.45) is -0.250. The normalized spacial score (nSPS) is 18.6. The predicted octanol–water partition coefficient (Wildman–Crippen LogP) is 0.854. The van der Waals surface area contributed by atoms with Gasteiger partial charge >= 0.3 is 6.09 Å². The van der Waals surface area contributed by atoms with Crippen LogP contribution in [0.1, 0.15) is 34.1 Å². The van der Waals surface area contributed by atoms with Crippen LogP contribution in [0.15, 0.2) is 0 Å². The van der Waals surface area contributed by atoms with Crippen molar-refractivity contribution in [3.05, 3.63) is 0 Å². The quantitative estimate of drug-likeness (QED) is 0.739. The Morgan fingerprint density at radius 3 is 2.50 bits per heavy atom. The molecular formula is C12H21N3O4S. The van der Waals surface area contributed by atoms with Gasteiger partial charge in [0.25, 0.3) is 5.91 Å². The molecule has 0 aromatic rings. The molecule has 0 bridgehead atoms. The molecule has 20 heavy (non-hydrogen) atoms. The highest BCUT2D eigenvalue weighted by Crippen LogP contribution is 2.23. The summed E-state index contributed by atoms with van der Waals surface area (Å²) in [7, 11) is 0. The third-order valence-electron chi connectivity index (χ3n) is 2.46. The van der Waals surface area contributed by atoms with Crippen molar-refractivity contribution in [2.24, 2.45) is 0 Å². The van der Waals surface area contributed by atoms with Gasteiger partial charge in [0.05, 0.1) is 5.88 Å². The molecule has 1 saturated heterocycles. The first-order valence-corrected chi connectivity index (χ1v) is 7.56. The van der Waals surface area contributed by atoms with Gasteiger partial charge in [0.1, 0.15) is 11.6 Å². The van der Waals surface area contributed by atoms with Crippen molar-refractivity contribution in [3.63, 3.8) is 0 Å². The van der Waals surface area contributed by atoms with Crippen LogP contribution in [-0.2, 0) is 14.3 Å². The maximum Gasteiger partial charge on any atom is 0.411 e. The lowest BCUT2D eigenvalue weighted by Gasteiger charge is -2.27. The summed E-state index contributed by atoms with van der Waals surface area (Å²) in [6.45, 7) is 6.99. The van der Waals surface area contributed by atoms with Gasteiger partial charge in [0.2, 0.25) is 5.91 Å². The molecule has 0 aromatic carbocycles. The molecule has 1 aliphatic heterocycles. The second-order valence-corrected chi connectivity index (χ2v) is 6.36. The van der Waals surface area contributed by atoms with Gasteiger partial charge in [0, 0.05) is 12.2 Å². The molecule has 1 heterocycles. The van der Waals surface area contributed by atoms with Crippen LogP contribution < -0.4 is 10.9 Å². The van der Waals surface area contributed by atoms with Gasteiger partial charge in [-0.05, 0) is 20.8 Å². The Morgan fingerprint density at radius 1 is 1.30 bits per heavy atom. The molecule has 1 unspecified atom stereocenters. The van der Waals surface area contributed by atoms with Gasteiger partial charge < -0.3 is 4.74 Å². The highest BCUT2D eigenvalue weighted by atomic mass is 32.2. The zero-order chi connectivity index (χ0) is 15.3. The van der Waals surface area contributed by atoms with Crippen LogP contribution >= 0.6 is 11.8 Å². The molecule has 1 fully saturated rings. The van der Waals surface area contributed by atoms with Crippen molar-refractivity contribution in [2.45, 2.75) is 45.8 Å². The number of carbonyl (C=O) groups excluding carboxylic acids is 3. The standard InChI is InChI=1S/C12H21N3O4S/c1-5-9(16)13-14-10(17)8-6-20-7-15(8)11(18)19-12(2,3)4/h8H,5-7H2,1-4H3,(H,13,16)(H,14,17). The third-order valence-corrected chi connectivity index (χ3v) is 3.47. The van der Waals surface area contributed by atoms with Crippen LogP contribution in [0.2, 0.25) is 0 Å². The monoisotopic (exact) mass is 303 g/mol. The Morgan fingerprint density at radius 2 is 1.95 bits per heavy atom. The number of ether oxygens (including phenoxy) is 1. The van der Waals surface area contributed by atoms with Crippen LogP contribution in [0.25, 0.3) is 0 Å². The number of hydrogen-bond acceptors (Lipinski definition) is 5. The summed E-state index contributed by atoms with van der Waals surface area (Å²) in [6, 6.07) is -0.632. The lowest BCUT2D eigenvalue weighted by molar-refractivity contribution is -0.131. The average molecular weight is 303 g/mol. The summed E-state index contributed by atoms with van der Waals surface area (Å²) in [5, 5.41) is 0. The van der Waals surface area contributed by atoms with Crippen molar-refractivity contribution in [2.75, 3.05) is 11.6 Å². The predicted molar refractivity (Wildman–Crippen MR) is 75.8 cm³/mol. The maximum atomic E-state index is 12.0. The van der Waals surface area contributed by atoms with E-state index >= 15 is 0 Å². The Hall–Kier alpha value is -1.44. The Bertz CT molecular complexity index is 395. The molecule has 114 valence electrons. The largest absolute Gasteiger partial charge is 0.444 e. The smallest absolute Gasteiger partial charge is 0.411 e. The Kier molecular flexibility index (Phi) is 5.67. The number of hydrogen-bond donors (Lipinski definition) is 2. The van der Waals surface area contributed by atoms with E-state index in [1.807, 2.05) is 0 Å². The summed E-state index contributed by atoms with van der Waals surface area (Å²) in [5.74, 6) is 0.178. The zero-order valence-electron chi connectivity index (χ0n) is 12.2. The molecule has 0 radical (unpaired) electrons. The minimum atomic E-state index is -0.632. The SMILES string of the molecule is CCC(=O)NNC(=O)C1CSCN1C(=O)OC(C)(C)C. The Balaban J connectivity index is 2.58. The summed E-state index contributed by atoms with van der Waals surface area (Å²) in [5.41, 5.74) is 4.00. The number of thioether (sulfide) groups is 1. The number of amides is 3. The van der Waals surface area contributed by atoms with Gasteiger partial charge in [0.15, 0.2) is 0 Å². The molecule has 1 atom stereocenters. The number of nitrogens with one attached hydrogen (secondary N) is 2. The fourth-order valence-corrected chi connectivity index (χ4v) is 2.61. The second kappa shape index (κ2) is 6.83. The van der Waals surface area contributed by atoms with E-state index in [2.05, 4.69) is 10.9 Å². The van der Waals surface area contributed by atoms with Gasteiger partial charge in [-0.2, -0.15) is 0 Å². The van der Waals surface area contributed by atoms with Crippen molar-refractivity contribution in [1.29, 1.82) is 0 Å². The van der Waals surface area contributed by atoms with E-state index in [4.69, 9.17) is 4.74 Å². The maximum absolute atomic E-state index is 12.0. The van der Waals surface area contributed by atoms with Crippen molar-refractivity contribution in [3.8, 4) is 0 Å². The first-order valence-electron chi connectivity index (χ1n) is 6.40. The number of carbonyl (C=O) groups is 3. The van der Waals surface area contributed by atoms with Crippen LogP contribution in [0.5, 0.6) is 0 Å². The van der Waals surface area contributed by atoms with Crippen molar-refractivity contribution < 1.29 is 19.1 Å². The van der Waals surface area contributed by atoms with Crippen LogP contribution in [0.4, 0.5) is 4.79 Å². The molecule has 7 nitrogen and oxygen atoms in total. The second-order valence-electron chi connectivity index (χ2n) is 5.36. The van der Waals surface area contributed by atoms with Crippen molar-refractivity contribution >= 4 is 29.7 Å². The molecule has 0 saturated carbocycles. The Labute approximate surface area is 122 Å². The molecule has 8 heteroatoms. The van der Waals surface area contributed by atoms with E-state index in [0.29, 0.717) is 11.6 Å². The van der Waals surface area contributed by atoms with Gasteiger partial charge in [-0.15, -0.1) is 11.8 Å². The van der Waals surface area contributed by atoms with E-state index in [-0.39, 0.29) is 12.3 Å². The highest BCUT2D eigenvalue weighted by Gasteiger charge is 2.37. The van der Waals surface area contributed by atoms with E-state index < -0.39 is 23.6 Å². The van der Waals surface area contributed by atoms with Gasteiger partial charge in [-0.25, -0.2) is 4.79 Å². The first-order chi connectivity index (χ1) is 9.24.